The van der Waals surface area contributed by atoms with E-state index in [2.05, 4.69) is 10.3 Å². The van der Waals surface area contributed by atoms with Gasteiger partial charge in [-0.3, -0.25) is 0 Å². The molecule has 0 saturated heterocycles. The molecular formula is C17H15N3O3. The highest BCUT2D eigenvalue weighted by Gasteiger charge is 2.13. The van der Waals surface area contributed by atoms with Crippen molar-refractivity contribution in [3.05, 3.63) is 72.1 Å². The predicted molar refractivity (Wildman–Crippen MR) is 85.4 cm³/mol. The molecule has 6 nitrogen and oxygen atoms in total. The number of benzene rings is 2. The Hall–Kier alpha value is -3.28. The number of para-hydroxylation sites is 1. The monoisotopic (exact) mass is 309 g/mol. The molecule has 0 saturated carbocycles. The summed E-state index contributed by atoms with van der Waals surface area (Å²) in [5.41, 5.74) is 2.40. The van der Waals surface area contributed by atoms with Gasteiger partial charge in [0.2, 0.25) is 0 Å². The highest BCUT2D eigenvalue weighted by Crippen LogP contribution is 2.24. The molecule has 3 N–H and O–H groups in total. The summed E-state index contributed by atoms with van der Waals surface area (Å²) < 4.78 is 1.72. The van der Waals surface area contributed by atoms with Gasteiger partial charge in [-0.05, 0) is 29.8 Å². The lowest BCUT2D eigenvalue weighted by Crippen LogP contribution is -2.05. The maximum atomic E-state index is 9.88. The lowest BCUT2D eigenvalue weighted by Gasteiger charge is -2.06. The lowest BCUT2D eigenvalue weighted by molar-refractivity contribution is 0.318. The standard InChI is InChI=1S/C17H15N3O3/c21-14-6-7-15(17(22)9-14)16(19-23)8-12-10-18-20(11-12)13-4-2-1-3-5-13/h1-7,9-11,21-23H,8H2/b19-16+. The Morgan fingerprint density at radius 1 is 1.09 bits per heavy atom. The number of rotatable bonds is 4. The first-order chi connectivity index (χ1) is 11.2. The van der Waals surface area contributed by atoms with Crippen molar-refractivity contribution >= 4 is 5.71 Å². The number of aromatic nitrogens is 2. The quantitative estimate of drug-likeness (QED) is 0.392. The number of aromatic hydroxyl groups is 2. The third-order valence-electron chi connectivity index (χ3n) is 3.44. The molecule has 3 aromatic rings. The summed E-state index contributed by atoms with van der Waals surface area (Å²) >= 11 is 0. The average molecular weight is 309 g/mol. The summed E-state index contributed by atoms with van der Waals surface area (Å²) in [6, 6.07) is 13.8. The Kier molecular flexibility index (Phi) is 3.97. The molecular weight excluding hydrogens is 294 g/mol. The molecule has 6 heteroatoms. The smallest absolute Gasteiger partial charge is 0.128 e. The lowest BCUT2D eigenvalue weighted by atomic mass is 10.0. The fourth-order valence-electron chi connectivity index (χ4n) is 2.32. The van der Waals surface area contributed by atoms with Crippen LogP contribution in [0.15, 0.2) is 66.1 Å². The van der Waals surface area contributed by atoms with Crippen LogP contribution < -0.4 is 0 Å². The summed E-state index contributed by atoms with van der Waals surface area (Å²) in [5, 5.41) is 36.0. The van der Waals surface area contributed by atoms with Gasteiger partial charge in [0.1, 0.15) is 11.5 Å². The van der Waals surface area contributed by atoms with Gasteiger partial charge in [-0.15, -0.1) is 0 Å². The second kappa shape index (κ2) is 6.23. The molecule has 0 bridgehead atoms. The van der Waals surface area contributed by atoms with Gasteiger partial charge in [-0.2, -0.15) is 5.10 Å². The molecule has 0 aliphatic heterocycles. The van der Waals surface area contributed by atoms with Crippen molar-refractivity contribution < 1.29 is 15.4 Å². The second-order valence-electron chi connectivity index (χ2n) is 5.05. The van der Waals surface area contributed by atoms with E-state index >= 15 is 0 Å². The minimum Gasteiger partial charge on any atom is -0.508 e. The van der Waals surface area contributed by atoms with Crippen LogP contribution in [-0.2, 0) is 6.42 Å². The van der Waals surface area contributed by atoms with Crippen molar-refractivity contribution in [3.8, 4) is 17.2 Å². The van der Waals surface area contributed by atoms with E-state index in [1.54, 1.807) is 10.9 Å². The highest BCUT2D eigenvalue weighted by molar-refractivity contribution is 6.03. The van der Waals surface area contributed by atoms with Crippen molar-refractivity contribution in [2.45, 2.75) is 6.42 Å². The maximum absolute atomic E-state index is 9.88. The van der Waals surface area contributed by atoms with Gasteiger partial charge >= 0.3 is 0 Å². The molecule has 1 heterocycles. The average Bonchev–Trinajstić information content (AvgIpc) is 3.03. The van der Waals surface area contributed by atoms with Crippen LogP contribution in [0.1, 0.15) is 11.1 Å². The number of phenolic OH excluding ortho intramolecular Hbond substituents is 2. The third kappa shape index (κ3) is 3.16. The fraction of sp³-hybridized carbons (Fsp3) is 0.0588. The molecule has 116 valence electrons. The van der Waals surface area contributed by atoms with Crippen LogP contribution in [0.2, 0.25) is 0 Å². The van der Waals surface area contributed by atoms with Gasteiger partial charge in [-0.1, -0.05) is 23.4 Å². The predicted octanol–water partition coefficient (Wildman–Crippen LogP) is 2.70. The normalized spacial score (nSPS) is 11.6. The first-order valence-electron chi connectivity index (χ1n) is 6.99. The molecule has 0 amide bonds. The topological polar surface area (TPSA) is 90.9 Å². The van der Waals surface area contributed by atoms with Gasteiger partial charge in [0.25, 0.3) is 0 Å². The molecule has 2 aromatic carbocycles. The number of hydrogen-bond acceptors (Lipinski definition) is 5. The summed E-state index contributed by atoms with van der Waals surface area (Å²) in [5.74, 6) is -0.200. The highest BCUT2D eigenvalue weighted by atomic mass is 16.4. The van der Waals surface area contributed by atoms with Crippen LogP contribution in [0.4, 0.5) is 0 Å². The zero-order valence-corrected chi connectivity index (χ0v) is 12.2. The van der Waals surface area contributed by atoms with Gasteiger partial charge in [0.05, 0.1) is 17.6 Å². The van der Waals surface area contributed by atoms with Gasteiger partial charge in [-0.25, -0.2) is 4.68 Å². The Balaban J connectivity index is 1.85. The molecule has 0 aliphatic rings. The van der Waals surface area contributed by atoms with Gasteiger partial charge in [0, 0.05) is 24.2 Å². The first-order valence-corrected chi connectivity index (χ1v) is 6.99. The molecule has 23 heavy (non-hydrogen) atoms. The van der Waals surface area contributed by atoms with Crippen LogP contribution in [0.25, 0.3) is 5.69 Å². The number of hydrogen-bond donors (Lipinski definition) is 3. The maximum Gasteiger partial charge on any atom is 0.128 e. The minimum atomic E-state index is -0.145. The molecule has 0 radical (unpaired) electrons. The van der Waals surface area contributed by atoms with Crippen molar-refractivity contribution in [2.24, 2.45) is 5.16 Å². The molecule has 0 fully saturated rings. The summed E-state index contributed by atoms with van der Waals surface area (Å²) in [6.07, 6.45) is 3.80. The van der Waals surface area contributed by atoms with Crippen molar-refractivity contribution in [3.63, 3.8) is 0 Å². The number of phenols is 2. The largest absolute Gasteiger partial charge is 0.508 e. The fourth-order valence-corrected chi connectivity index (χ4v) is 2.32. The van der Waals surface area contributed by atoms with E-state index < -0.39 is 0 Å². The van der Waals surface area contributed by atoms with Gasteiger partial charge < -0.3 is 15.4 Å². The van der Waals surface area contributed by atoms with Crippen LogP contribution >= 0.6 is 0 Å². The summed E-state index contributed by atoms with van der Waals surface area (Å²) in [4.78, 5) is 0. The van der Waals surface area contributed by atoms with Crippen LogP contribution in [0.5, 0.6) is 11.5 Å². The Labute approximate surface area is 132 Å². The van der Waals surface area contributed by atoms with E-state index in [4.69, 9.17) is 0 Å². The van der Waals surface area contributed by atoms with Crippen LogP contribution in [0.3, 0.4) is 0 Å². The first kappa shape index (κ1) is 14.6. The molecule has 0 atom stereocenters. The van der Waals surface area contributed by atoms with E-state index in [0.29, 0.717) is 12.0 Å². The number of oxime groups is 1. The molecule has 0 unspecified atom stereocenters. The SMILES string of the molecule is O/N=C(\Cc1cnn(-c2ccccc2)c1)c1ccc(O)cc1O. The Morgan fingerprint density at radius 2 is 1.87 bits per heavy atom. The number of nitrogens with zero attached hydrogens (tertiary/aromatic N) is 3. The van der Waals surface area contributed by atoms with E-state index in [1.165, 1.54) is 18.2 Å². The van der Waals surface area contributed by atoms with E-state index in [-0.39, 0.29) is 17.2 Å². The van der Waals surface area contributed by atoms with Crippen molar-refractivity contribution in [1.29, 1.82) is 0 Å². The molecule has 1 aromatic heterocycles. The summed E-state index contributed by atoms with van der Waals surface area (Å²) in [6.45, 7) is 0. The third-order valence-corrected chi connectivity index (χ3v) is 3.44. The van der Waals surface area contributed by atoms with E-state index in [1.807, 2.05) is 36.5 Å². The zero-order chi connectivity index (χ0) is 16.2. The van der Waals surface area contributed by atoms with Crippen LogP contribution in [0, 0.1) is 0 Å². The van der Waals surface area contributed by atoms with Crippen molar-refractivity contribution in [1.82, 2.24) is 9.78 Å². The molecule has 0 aliphatic carbocycles. The molecule has 3 rings (SSSR count). The molecule has 0 spiro atoms. The zero-order valence-electron chi connectivity index (χ0n) is 12.2. The van der Waals surface area contributed by atoms with Gasteiger partial charge in [0.15, 0.2) is 0 Å². The Morgan fingerprint density at radius 3 is 2.57 bits per heavy atom. The van der Waals surface area contributed by atoms with Crippen LogP contribution in [-0.4, -0.2) is 30.9 Å². The Bertz CT molecular complexity index is 841. The minimum absolute atomic E-state index is 0.0552. The van der Waals surface area contributed by atoms with E-state index in [9.17, 15) is 15.4 Å². The summed E-state index contributed by atoms with van der Waals surface area (Å²) in [7, 11) is 0. The second-order valence-corrected chi connectivity index (χ2v) is 5.05. The van der Waals surface area contributed by atoms with Crippen molar-refractivity contribution in [2.75, 3.05) is 0 Å². The van der Waals surface area contributed by atoms with E-state index in [0.717, 1.165) is 11.3 Å².